The molecule has 3 fully saturated rings. The van der Waals surface area contributed by atoms with Crippen molar-refractivity contribution in [3.05, 3.63) is 153 Å². The first-order valence-corrected chi connectivity index (χ1v) is 27.9. The summed E-state index contributed by atoms with van der Waals surface area (Å²) in [5, 5.41) is 24.3. The topological polar surface area (TPSA) is 289 Å². The number of amides is 5. The number of likely N-dealkylation sites (N-methyl/N-ethyl adjacent to an activating group) is 3. The number of rotatable bonds is 12. The Morgan fingerprint density at radius 3 is 1.15 bits per heavy atom. The number of carboxylic acid groups (broad SMARTS) is 1. The summed E-state index contributed by atoms with van der Waals surface area (Å²) in [6, 6.07) is 0.423. The average molecular weight is 1420 g/mol. The fraction of sp³-hybridized carbons (Fsp3) is 0.431. The number of nitrogens with zero attached hydrogens (tertiary/aromatic N) is 6. The minimum atomic E-state index is -1.34. The third kappa shape index (κ3) is 13.8. The number of ether oxygens (including phenoxy) is 5. The van der Waals surface area contributed by atoms with E-state index in [1.54, 1.807) is 25.9 Å². The second-order valence-electron chi connectivity index (χ2n) is 20.9. The summed E-state index contributed by atoms with van der Waals surface area (Å²) in [5.74, 6) is -12.8. The van der Waals surface area contributed by atoms with E-state index in [0.29, 0.717) is 96.2 Å². The molecule has 6 aliphatic rings. The first-order chi connectivity index (χ1) is 42.0. The molecular weight excluding hydrogens is 1360 g/mol. The maximum atomic E-state index is 13.9. The number of hydrogen-bond acceptors (Lipinski definition) is 15. The van der Waals surface area contributed by atoms with Crippen LogP contribution in [0, 0.1) is 34.9 Å². The number of aromatic nitrogens is 3. The molecule has 11 rings (SSSR count). The van der Waals surface area contributed by atoms with Gasteiger partial charge in [-0.3, -0.25) is 38.4 Å². The molecule has 9 heterocycles. The van der Waals surface area contributed by atoms with Crippen LogP contribution < -0.4 is 70.4 Å². The van der Waals surface area contributed by atoms with Crippen molar-refractivity contribution in [1.82, 2.24) is 39.0 Å². The number of halogens is 8. The van der Waals surface area contributed by atoms with Gasteiger partial charge in [0.15, 0.2) is 34.3 Å². The van der Waals surface area contributed by atoms with Gasteiger partial charge in [0.1, 0.15) is 51.6 Å². The number of aromatic hydroxyl groups is 1. The van der Waals surface area contributed by atoms with Crippen molar-refractivity contribution in [2.45, 2.75) is 89.4 Å². The van der Waals surface area contributed by atoms with Crippen molar-refractivity contribution in [2.75, 3.05) is 73.5 Å². The number of hydrogen-bond donors (Lipinski definition) is 4. The normalized spacial score (nSPS) is 20.0. The molecule has 5 amide bonds. The number of nitrogens with one attached hydrogen (secondary N) is 2. The number of pyridine rings is 3. The van der Waals surface area contributed by atoms with E-state index in [1.807, 2.05) is 13.8 Å². The van der Waals surface area contributed by atoms with Gasteiger partial charge < -0.3 is 107 Å². The Balaban J connectivity index is 0.000000217. The summed E-state index contributed by atoms with van der Waals surface area (Å²) in [6.45, 7) is 7.71. The molecule has 0 spiro atoms. The molecule has 0 aliphatic carbocycles. The van der Waals surface area contributed by atoms with Gasteiger partial charge in [0, 0.05) is 107 Å². The molecule has 0 saturated carbocycles. The molecule has 4 N–H and O–H groups in total. The van der Waals surface area contributed by atoms with E-state index in [0.717, 1.165) is 0 Å². The minimum Gasteiger partial charge on any atom is -1.00 e. The maximum Gasteiger partial charge on any atom is 2.00 e. The first kappa shape index (κ1) is 72.8. The Hall–Kier alpha value is -7.30. The van der Waals surface area contributed by atoms with Crippen molar-refractivity contribution >= 4 is 58.6 Å². The summed E-state index contributed by atoms with van der Waals surface area (Å²) in [4.78, 5) is 118. The molecule has 0 bridgehead atoms. The van der Waals surface area contributed by atoms with Crippen LogP contribution in [0.5, 0.6) is 17.2 Å². The van der Waals surface area contributed by atoms with E-state index in [9.17, 15) is 79.7 Å². The van der Waals surface area contributed by atoms with Crippen molar-refractivity contribution in [2.24, 2.45) is 0 Å². The molecule has 3 aromatic heterocycles. The standard InChI is InChI=1S/C22H22F3N3O5.C21H20F3N3O5.C15H18N2O6.2BrH.Mg/c1-3-27-17-10-33-5-4-16(17)28-9-13(19(29)20(32-2)18(28)22(27)31)21(30)26-8-12-14(24)6-11(23)7-15(12)25;1-2-26-16-9-32-4-3-15(16)27-8-12(18(28)19(29)17(27)21(26)31)20(30)25-7-11-13(23)5-10(22)6-14(11)24;1-3-16-10-7-23-5-4-9(10)17-6-8(15(20)21)12(18)13(22-2)11(17)14(16)19;;;/h6-7,9,16-17H,3-5,8,10H2,1-2H3,(H,26,30);5-6,8,15-16,29H,2-4,7,9H2,1H3,(H,25,30);6,9-10H,3-5,7H2,1-2H3,(H,20,21);2*1H;/q;;;;;+2/p-2/t16-,17+;15-,16+;9-,10+;;;/m000.../s1. The first-order valence-electron chi connectivity index (χ1n) is 27.9. The Morgan fingerprint density at radius 2 is 0.824 bits per heavy atom. The summed E-state index contributed by atoms with van der Waals surface area (Å²) >= 11 is 0. The van der Waals surface area contributed by atoms with Gasteiger partial charge in [0.25, 0.3) is 29.5 Å². The molecule has 2 aromatic carbocycles. The summed E-state index contributed by atoms with van der Waals surface area (Å²) in [7, 11) is 2.49. The molecule has 24 nitrogen and oxygen atoms in total. The van der Waals surface area contributed by atoms with E-state index in [2.05, 4.69) is 10.6 Å². The summed E-state index contributed by atoms with van der Waals surface area (Å²) < 4.78 is 113. The molecule has 486 valence electrons. The van der Waals surface area contributed by atoms with Crippen molar-refractivity contribution in [3.8, 4) is 17.2 Å². The zero-order valence-corrected chi connectivity index (χ0v) is 54.0. The molecule has 6 atom stereocenters. The summed E-state index contributed by atoms with van der Waals surface area (Å²) in [6.07, 6.45) is 5.37. The van der Waals surface area contributed by atoms with Crippen LogP contribution in [0.3, 0.4) is 0 Å². The van der Waals surface area contributed by atoms with E-state index in [4.69, 9.17) is 23.7 Å². The second kappa shape index (κ2) is 30.4. The minimum absolute atomic E-state index is 0. The quantitative estimate of drug-likeness (QED) is 0.0755. The van der Waals surface area contributed by atoms with Gasteiger partial charge >= 0.3 is 29.0 Å². The number of carbonyl (C=O) groups excluding carboxylic acids is 5. The molecule has 5 aromatic rings. The SMILES string of the molecule is CCN1C(=O)c2c(O)c(=O)c(C(=O)NCc3c(F)cc(F)cc3F)cn2[C@H]2CCOC[C@H]21.CCN1C(=O)c2c(OC)c(=O)c(C(=O)NCc3c(F)cc(F)cc3F)cn2[C@H]2CCOC[C@H]21.CCN1C(=O)c2c(OC)c(=O)c(C(=O)O)cn2[C@H]2CCOC[C@H]21.[Br-].[Br-].[Mg+2]. The Bertz CT molecular complexity index is 3820. The van der Waals surface area contributed by atoms with Crippen LogP contribution in [0.2, 0.25) is 0 Å². The molecule has 6 aliphatic heterocycles. The van der Waals surface area contributed by atoms with Crippen LogP contribution in [0.25, 0.3) is 0 Å². The average Bonchev–Trinajstić information content (AvgIpc) is 0.900. The third-order valence-corrected chi connectivity index (χ3v) is 16.3. The zero-order valence-electron chi connectivity index (χ0n) is 49.4. The van der Waals surface area contributed by atoms with Crippen LogP contribution in [0.15, 0.2) is 57.2 Å². The Labute approximate surface area is 551 Å². The fourth-order valence-corrected chi connectivity index (χ4v) is 12.1. The van der Waals surface area contributed by atoms with Crippen LogP contribution >= 0.6 is 0 Å². The molecule has 3 saturated heterocycles. The molecular formula is C58H60Br2F6MgN8O16. The van der Waals surface area contributed by atoms with Crippen LogP contribution in [-0.4, -0.2) is 189 Å². The summed E-state index contributed by atoms with van der Waals surface area (Å²) in [5.41, 5.74) is -5.10. The predicted molar refractivity (Wildman–Crippen MR) is 299 cm³/mol. The monoisotopic (exact) mass is 1420 g/mol. The van der Waals surface area contributed by atoms with Gasteiger partial charge in [0.2, 0.25) is 16.3 Å². The molecule has 0 radical (unpaired) electrons. The van der Waals surface area contributed by atoms with Gasteiger partial charge in [-0.05, 0) is 40.0 Å². The number of benzene rings is 2. The van der Waals surface area contributed by atoms with E-state index < -0.39 is 122 Å². The van der Waals surface area contributed by atoms with Gasteiger partial charge in [-0.2, -0.15) is 0 Å². The predicted octanol–water partition coefficient (Wildman–Crippen LogP) is -2.30. The number of carboxylic acids is 1. The largest absolute Gasteiger partial charge is 2.00 e. The Kier molecular flexibility index (Phi) is 24.3. The molecule has 0 unspecified atom stereocenters. The zero-order chi connectivity index (χ0) is 63.7. The van der Waals surface area contributed by atoms with Crippen LogP contribution in [-0.2, 0) is 27.3 Å². The number of methoxy groups -OCH3 is 2. The molecule has 91 heavy (non-hydrogen) atoms. The Morgan fingerprint density at radius 1 is 0.516 bits per heavy atom. The van der Waals surface area contributed by atoms with Gasteiger partial charge in [-0.25, -0.2) is 31.1 Å². The number of fused-ring (bicyclic) bond motifs is 9. The van der Waals surface area contributed by atoms with E-state index in [1.165, 1.54) is 42.3 Å². The number of carbonyl (C=O) groups is 6. The van der Waals surface area contributed by atoms with Crippen molar-refractivity contribution < 1.29 is 123 Å². The third-order valence-electron chi connectivity index (χ3n) is 16.3. The van der Waals surface area contributed by atoms with Gasteiger partial charge in [0.05, 0.1) is 70.3 Å². The van der Waals surface area contributed by atoms with Gasteiger partial charge in [-0.15, -0.1) is 0 Å². The fourth-order valence-electron chi connectivity index (χ4n) is 12.1. The van der Waals surface area contributed by atoms with Gasteiger partial charge in [-0.1, -0.05) is 0 Å². The molecule has 33 heteroatoms. The number of aromatic carboxylic acids is 1. The van der Waals surface area contributed by atoms with Crippen molar-refractivity contribution in [1.29, 1.82) is 0 Å². The van der Waals surface area contributed by atoms with E-state index >= 15 is 0 Å². The maximum absolute atomic E-state index is 13.9. The van der Waals surface area contributed by atoms with E-state index in [-0.39, 0.29) is 140 Å². The smallest absolute Gasteiger partial charge is 1.00 e. The second-order valence-corrected chi connectivity index (χ2v) is 20.9. The van der Waals surface area contributed by atoms with Crippen molar-refractivity contribution in [3.63, 3.8) is 0 Å². The van der Waals surface area contributed by atoms with Crippen LogP contribution in [0.1, 0.15) is 132 Å². The van der Waals surface area contributed by atoms with Crippen LogP contribution in [0.4, 0.5) is 26.3 Å².